The van der Waals surface area contributed by atoms with Crippen LogP contribution >= 0.6 is 0 Å². The highest BCUT2D eigenvalue weighted by molar-refractivity contribution is 5.81. The maximum Gasteiger partial charge on any atom is 0.313 e. The smallest absolute Gasteiger partial charge is 0.313 e. The van der Waals surface area contributed by atoms with Crippen molar-refractivity contribution in [2.75, 3.05) is 33.2 Å². The Hall–Kier alpha value is -1.10. The first-order chi connectivity index (χ1) is 11.0. The molecule has 1 amide bonds. The quantitative estimate of drug-likeness (QED) is 0.862. The average Bonchev–Trinajstić information content (AvgIpc) is 2.94. The van der Waals surface area contributed by atoms with Gasteiger partial charge in [0, 0.05) is 26.1 Å². The molecule has 130 valence electrons. The van der Waals surface area contributed by atoms with Gasteiger partial charge >= 0.3 is 5.97 Å². The van der Waals surface area contributed by atoms with E-state index in [0.717, 1.165) is 19.4 Å². The fourth-order valence-corrected chi connectivity index (χ4v) is 4.92. The summed E-state index contributed by atoms with van der Waals surface area (Å²) in [5, 5.41) is 9.79. The number of likely N-dealkylation sites (tertiary alicyclic amines) is 2. The van der Waals surface area contributed by atoms with Gasteiger partial charge < -0.3 is 14.9 Å². The molecule has 0 radical (unpaired) electrons. The highest BCUT2D eigenvalue weighted by Gasteiger charge is 2.55. The summed E-state index contributed by atoms with van der Waals surface area (Å²) in [7, 11) is 1.98. The lowest BCUT2D eigenvalue weighted by atomic mass is 9.73. The first-order valence-electron chi connectivity index (χ1n) is 9.21. The predicted molar refractivity (Wildman–Crippen MR) is 88.1 cm³/mol. The number of carboxylic acid groups (broad SMARTS) is 1. The molecule has 0 unspecified atom stereocenters. The highest BCUT2D eigenvalue weighted by Crippen LogP contribution is 2.42. The van der Waals surface area contributed by atoms with Crippen molar-refractivity contribution in [3.05, 3.63) is 0 Å². The standard InChI is InChI=1S/C18H30N2O3/c1-19-10-9-15-11-20(13-18(15,12-19)17(22)23)16(21)8-7-14-5-3-2-4-6-14/h14-15H,2-13H2,1H3,(H,22,23)/t15-,18-/m1/s1. The minimum absolute atomic E-state index is 0.120. The molecule has 23 heavy (non-hydrogen) atoms. The number of amides is 1. The second kappa shape index (κ2) is 6.80. The number of piperidine rings is 1. The van der Waals surface area contributed by atoms with E-state index in [4.69, 9.17) is 0 Å². The van der Waals surface area contributed by atoms with Crippen molar-refractivity contribution >= 4 is 11.9 Å². The molecule has 2 atom stereocenters. The summed E-state index contributed by atoms with van der Waals surface area (Å²) < 4.78 is 0. The van der Waals surface area contributed by atoms with E-state index in [-0.39, 0.29) is 11.8 Å². The van der Waals surface area contributed by atoms with Gasteiger partial charge in [0.2, 0.25) is 5.91 Å². The van der Waals surface area contributed by atoms with Gasteiger partial charge in [0.1, 0.15) is 5.41 Å². The van der Waals surface area contributed by atoms with E-state index < -0.39 is 11.4 Å². The molecule has 0 aromatic heterocycles. The first kappa shape index (κ1) is 16.7. The number of nitrogens with zero attached hydrogens (tertiary/aromatic N) is 2. The Balaban J connectivity index is 1.58. The van der Waals surface area contributed by atoms with Gasteiger partial charge in [-0.3, -0.25) is 9.59 Å². The van der Waals surface area contributed by atoms with E-state index >= 15 is 0 Å². The third-order valence-electron chi connectivity index (χ3n) is 6.38. The molecule has 2 saturated heterocycles. The zero-order valence-corrected chi connectivity index (χ0v) is 14.3. The third kappa shape index (κ3) is 3.39. The van der Waals surface area contributed by atoms with Gasteiger partial charge in [-0.2, -0.15) is 0 Å². The summed E-state index contributed by atoms with van der Waals surface area (Å²) in [6, 6.07) is 0. The summed E-state index contributed by atoms with van der Waals surface area (Å²) >= 11 is 0. The average molecular weight is 322 g/mol. The Morgan fingerprint density at radius 3 is 2.57 bits per heavy atom. The van der Waals surface area contributed by atoms with E-state index in [2.05, 4.69) is 4.90 Å². The summed E-state index contributed by atoms with van der Waals surface area (Å²) in [6.07, 6.45) is 8.95. The monoisotopic (exact) mass is 322 g/mol. The molecule has 0 aromatic carbocycles. The van der Waals surface area contributed by atoms with Crippen molar-refractivity contribution in [3.8, 4) is 0 Å². The van der Waals surface area contributed by atoms with Crippen molar-refractivity contribution in [2.24, 2.45) is 17.3 Å². The Labute approximate surface area is 139 Å². The van der Waals surface area contributed by atoms with Crippen molar-refractivity contribution in [1.82, 2.24) is 9.80 Å². The number of aliphatic carboxylic acids is 1. The predicted octanol–water partition coefficient (Wildman–Crippen LogP) is 2.21. The Kier molecular flexibility index (Phi) is 4.95. The van der Waals surface area contributed by atoms with Gasteiger partial charge in [-0.05, 0) is 38.3 Å². The van der Waals surface area contributed by atoms with Crippen molar-refractivity contribution in [1.29, 1.82) is 0 Å². The highest BCUT2D eigenvalue weighted by atomic mass is 16.4. The molecule has 3 rings (SSSR count). The summed E-state index contributed by atoms with van der Waals surface area (Å²) in [6.45, 7) is 2.55. The fourth-order valence-electron chi connectivity index (χ4n) is 4.92. The van der Waals surface area contributed by atoms with Crippen LogP contribution in [0.2, 0.25) is 0 Å². The van der Waals surface area contributed by atoms with E-state index in [1.807, 2.05) is 11.9 Å². The SMILES string of the molecule is CN1CC[C@@H]2CN(C(=O)CCC3CCCCC3)C[C@]2(C(=O)O)C1. The Bertz CT molecular complexity index is 461. The van der Waals surface area contributed by atoms with E-state index in [1.165, 1.54) is 32.1 Å². The number of carboxylic acids is 1. The molecule has 3 fully saturated rings. The molecule has 0 spiro atoms. The molecule has 2 aliphatic heterocycles. The molecule has 1 N–H and O–H groups in total. The number of rotatable bonds is 4. The minimum atomic E-state index is -0.743. The minimum Gasteiger partial charge on any atom is -0.481 e. The van der Waals surface area contributed by atoms with E-state index in [1.54, 1.807) is 0 Å². The molecule has 0 aromatic rings. The number of fused-ring (bicyclic) bond motifs is 1. The molecule has 3 aliphatic rings. The van der Waals surface area contributed by atoms with Gasteiger partial charge in [0.25, 0.3) is 0 Å². The number of carbonyl (C=O) groups excluding carboxylic acids is 1. The summed E-state index contributed by atoms with van der Waals surface area (Å²) in [4.78, 5) is 28.5. The van der Waals surface area contributed by atoms with Gasteiger partial charge in [-0.25, -0.2) is 0 Å². The molecule has 1 saturated carbocycles. The molecular weight excluding hydrogens is 292 g/mol. The lowest BCUT2D eigenvalue weighted by molar-refractivity contribution is -0.154. The van der Waals surface area contributed by atoms with Crippen LogP contribution in [0.5, 0.6) is 0 Å². The molecular formula is C18H30N2O3. The van der Waals surface area contributed by atoms with E-state index in [0.29, 0.717) is 32.0 Å². The van der Waals surface area contributed by atoms with E-state index in [9.17, 15) is 14.7 Å². The van der Waals surface area contributed by atoms with Crippen molar-refractivity contribution in [3.63, 3.8) is 0 Å². The summed E-state index contributed by atoms with van der Waals surface area (Å²) in [5.74, 6) is 0.275. The van der Waals surface area contributed by atoms with Crippen LogP contribution in [-0.4, -0.2) is 60.0 Å². The Morgan fingerprint density at radius 2 is 1.87 bits per heavy atom. The number of carbonyl (C=O) groups is 2. The summed E-state index contributed by atoms with van der Waals surface area (Å²) in [5.41, 5.74) is -0.743. The van der Waals surface area contributed by atoms with Crippen LogP contribution in [0, 0.1) is 17.3 Å². The van der Waals surface area contributed by atoms with Crippen LogP contribution in [-0.2, 0) is 9.59 Å². The number of hydrogen-bond donors (Lipinski definition) is 1. The molecule has 0 bridgehead atoms. The van der Waals surface area contributed by atoms with Gasteiger partial charge in [-0.15, -0.1) is 0 Å². The third-order valence-corrected chi connectivity index (χ3v) is 6.38. The fraction of sp³-hybridized carbons (Fsp3) is 0.889. The van der Waals surface area contributed by atoms with Crippen LogP contribution < -0.4 is 0 Å². The van der Waals surface area contributed by atoms with Gasteiger partial charge in [0.05, 0.1) is 0 Å². The van der Waals surface area contributed by atoms with Gasteiger partial charge in [0.15, 0.2) is 0 Å². The molecule has 1 aliphatic carbocycles. The second-order valence-electron chi connectivity index (χ2n) is 8.00. The lowest BCUT2D eigenvalue weighted by Crippen LogP contribution is -2.52. The first-order valence-corrected chi connectivity index (χ1v) is 9.21. The van der Waals surface area contributed by atoms with Crippen molar-refractivity contribution < 1.29 is 14.7 Å². The zero-order valence-electron chi connectivity index (χ0n) is 14.3. The van der Waals surface area contributed by atoms with Crippen LogP contribution in [0.4, 0.5) is 0 Å². The normalized spacial score (nSPS) is 32.7. The topological polar surface area (TPSA) is 60.9 Å². The molecule has 2 heterocycles. The number of hydrogen-bond acceptors (Lipinski definition) is 3. The Morgan fingerprint density at radius 1 is 1.13 bits per heavy atom. The largest absolute Gasteiger partial charge is 0.481 e. The van der Waals surface area contributed by atoms with Gasteiger partial charge in [-0.1, -0.05) is 32.1 Å². The maximum atomic E-state index is 12.6. The lowest BCUT2D eigenvalue weighted by Gasteiger charge is -2.39. The van der Waals surface area contributed by atoms with Crippen LogP contribution in [0.15, 0.2) is 0 Å². The van der Waals surface area contributed by atoms with Crippen molar-refractivity contribution in [2.45, 2.75) is 51.4 Å². The zero-order chi connectivity index (χ0) is 16.4. The van der Waals surface area contributed by atoms with Crippen LogP contribution in [0.1, 0.15) is 51.4 Å². The molecule has 5 nitrogen and oxygen atoms in total. The second-order valence-corrected chi connectivity index (χ2v) is 8.00. The van der Waals surface area contributed by atoms with Crippen LogP contribution in [0.3, 0.4) is 0 Å². The molecule has 5 heteroatoms. The van der Waals surface area contributed by atoms with Crippen LogP contribution in [0.25, 0.3) is 0 Å². The maximum absolute atomic E-state index is 12.6.